The number of rotatable bonds is 17. The Kier molecular flexibility index (Phi) is 18.7. The number of urea groups is 2. The monoisotopic (exact) mass is 1080 g/mol. The number of anilines is 4. The lowest BCUT2D eigenvalue weighted by Gasteiger charge is -2.39. The van der Waals surface area contributed by atoms with Crippen molar-refractivity contribution in [3.05, 3.63) is 60.2 Å². The van der Waals surface area contributed by atoms with Crippen LogP contribution in [0.2, 0.25) is 0 Å². The third-order valence-electron chi connectivity index (χ3n) is 13.8. The second-order valence-corrected chi connectivity index (χ2v) is 20.3. The zero-order valence-electron chi connectivity index (χ0n) is 44.4. The second kappa shape index (κ2) is 25.3. The Hall–Kier alpha value is -7.60. The summed E-state index contributed by atoms with van der Waals surface area (Å²) >= 11 is 2.74. The number of esters is 1. The van der Waals surface area contributed by atoms with Crippen LogP contribution in [0, 0.1) is 10.8 Å². The largest absolute Gasteiger partial charge is 0.481 e. The molecule has 0 atom stereocenters. The Labute approximate surface area is 449 Å². The third kappa shape index (κ3) is 12.7. The van der Waals surface area contributed by atoms with Gasteiger partial charge in [-0.1, -0.05) is 46.8 Å². The Morgan fingerprint density at radius 3 is 1.36 bits per heavy atom. The van der Waals surface area contributed by atoms with Crippen molar-refractivity contribution in [3.8, 4) is 22.3 Å². The molecule has 5 N–H and O–H groups in total. The molecule has 24 heteroatoms. The molecule has 2 saturated heterocycles. The molecule has 76 heavy (non-hydrogen) atoms. The number of carboxylic acids is 1. The lowest BCUT2D eigenvalue weighted by atomic mass is 9.76. The summed E-state index contributed by atoms with van der Waals surface area (Å²) in [6, 6.07) is 7.25. The third-order valence-corrected chi connectivity index (χ3v) is 15.8. The molecule has 0 aliphatic carbocycles. The molecule has 6 heterocycles. The fourth-order valence-electron chi connectivity index (χ4n) is 9.26. The number of carboxylic acid groups (broad SMARTS) is 1. The van der Waals surface area contributed by atoms with Crippen molar-refractivity contribution in [2.45, 2.75) is 87.0 Å². The molecule has 2 aromatic carbocycles. The number of thiazole rings is 2. The minimum Gasteiger partial charge on any atom is -0.481 e. The van der Waals surface area contributed by atoms with Crippen LogP contribution in [0.25, 0.3) is 42.7 Å². The average Bonchev–Trinajstić information content (AvgIpc) is 4.04. The van der Waals surface area contributed by atoms with E-state index in [1.54, 1.807) is 24.8 Å². The van der Waals surface area contributed by atoms with E-state index < -0.39 is 16.8 Å². The van der Waals surface area contributed by atoms with Gasteiger partial charge in [-0.3, -0.25) is 20.2 Å². The van der Waals surface area contributed by atoms with Crippen LogP contribution in [0.4, 0.5) is 31.7 Å². The van der Waals surface area contributed by atoms with Crippen LogP contribution in [-0.4, -0.2) is 131 Å². The number of benzene rings is 2. The first-order chi connectivity index (χ1) is 36.6. The van der Waals surface area contributed by atoms with Crippen LogP contribution < -0.4 is 31.1 Å². The smallest absolute Gasteiger partial charge is 0.321 e. The predicted molar refractivity (Wildman–Crippen MR) is 298 cm³/mol. The van der Waals surface area contributed by atoms with Gasteiger partial charge in [0.15, 0.2) is 10.3 Å². The fraction of sp³-hybridized carbons (Fsp3) is 0.462. The minimum absolute atomic E-state index is 0.103. The van der Waals surface area contributed by atoms with Crippen LogP contribution in [0.3, 0.4) is 0 Å². The highest BCUT2D eigenvalue weighted by Gasteiger charge is 2.42. The number of carbonyl (C=O) groups excluding carboxylic acids is 3. The minimum atomic E-state index is -0.726. The van der Waals surface area contributed by atoms with Crippen molar-refractivity contribution in [1.82, 2.24) is 40.5 Å². The van der Waals surface area contributed by atoms with Crippen molar-refractivity contribution in [2.24, 2.45) is 21.1 Å². The molecule has 4 aromatic heterocycles. The number of hydrogen-bond donors (Lipinski definition) is 5. The van der Waals surface area contributed by atoms with Crippen LogP contribution in [0.15, 0.2) is 59.4 Å². The summed E-state index contributed by atoms with van der Waals surface area (Å²) in [4.78, 5) is 90.2. The zero-order valence-corrected chi connectivity index (χ0v) is 46.0. The Balaban J connectivity index is 0.000000221. The normalized spacial score (nSPS) is 15.3. The van der Waals surface area contributed by atoms with E-state index in [-0.39, 0.29) is 18.0 Å². The molecule has 6 aromatic rings. The maximum Gasteiger partial charge on any atom is 0.321 e. The van der Waals surface area contributed by atoms with Crippen molar-refractivity contribution in [3.63, 3.8) is 0 Å². The number of hydrogen-bond acceptors (Lipinski definition) is 19. The van der Waals surface area contributed by atoms with Gasteiger partial charge in [-0.25, -0.2) is 39.5 Å². The molecule has 2 aliphatic rings. The molecule has 8 rings (SSSR count). The summed E-state index contributed by atoms with van der Waals surface area (Å²) in [6.45, 7) is 17.2. The number of piperidine rings is 2. The molecular formula is C52H66N14O8S2. The van der Waals surface area contributed by atoms with Crippen LogP contribution in [-0.2, 0) is 24.0 Å². The van der Waals surface area contributed by atoms with Crippen molar-refractivity contribution in [2.75, 3.05) is 80.5 Å². The number of amides is 4. The standard InChI is InChI=1S/C27H35N7O4S.C25H31N7O4S/c1-6-27(23(35)38-8-3)9-11-34(12-10-27)24-29-15-19(16-30-24)18-13-20(17(4)33-37-5)22-21(14-18)31-26(39-22)32-25(36)28-7-2;1-5-25(21(33)34)7-9-32(10-8-25)22-27-13-17(14-28-22)16-11-18(15(3)31-36-4)20-19(12-16)29-24(37-20)30-23(35)26-6-2/h13-16H,6-12H2,1-5H3,(H2,28,31,32,36);11-14H,5-10H2,1-4H3,(H,33,34)(H2,26,29,30,35)/b33-17+;31-15+. The van der Waals surface area contributed by atoms with E-state index in [1.165, 1.54) is 36.9 Å². The number of ether oxygens (including phenoxy) is 1. The van der Waals surface area contributed by atoms with Gasteiger partial charge in [0.2, 0.25) is 11.9 Å². The first-order valence-electron chi connectivity index (χ1n) is 25.3. The van der Waals surface area contributed by atoms with E-state index in [2.05, 4.69) is 66.4 Å². The number of oxime groups is 2. The van der Waals surface area contributed by atoms with Gasteiger partial charge in [-0.05, 0) is 109 Å². The zero-order chi connectivity index (χ0) is 54.6. The van der Waals surface area contributed by atoms with E-state index in [1.807, 2.05) is 77.6 Å². The molecule has 22 nitrogen and oxygen atoms in total. The maximum atomic E-state index is 12.6. The Morgan fingerprint density at radius 2 is 1.01 bits per heavy atom. The van der Waals surface area contributed by atoms with Gasteiger partial charge in [0.25, 0.3) is 0 Å². The second-order valence-electron chi connectivity index (χ2n) is 18.3. The SMILES string of the molecule is CCNC(=O)Nc1nc2cc(-c3cnc(N4CCC(CC)(C(=O)O)CC4)nc3)cc(/C(C)=N/OC)c2s1.CCNC(=O)Nc1nc2cc(-c3cnc(N4CCC(CC)(C(=O)OCC)CC4)nc3)cc(/C(C)=N/OC)c2s1. The molecule has 2 aliphatic heterocycles. The number of nitrogens with one attached hydrogen (secondary N) is 4. The molecular weight excluding hydrogens is 1010 g/mol. The molecule has 0 saturated carbocycles. The lowest BCUT2D eigenvalue weighted by molar-refractivity contribution is -0.157. The molecule has 2 fully saturated rings. The average molecular weight is 1080 g/mol. The summed E-state index contributed by atoms with van der Waals surface area (Å²) in [7, 11) is 3.00. The topological polar surface area (TPSA) is 273 Å². The molecule has 0 spiro atoms. The number of fused-ring (bicyclic) bond motifs is 2. The van der Waals surface area contributed by atoms with E-state index in [0.29, 0.717) is 117 Å². The summed E-state index contributed by atoms with van der Waals surface area (Å²) in [5.74, 6) is 0.385. The van der Waals surface area contributed by atoms with Crippen molar-refractivity contribution in [1.29, 1.82) is 0 Å². The maximum absolute atomic E-state index is 12.6. The van der Waals surface area contributed by atoms with E-state index in [4.69, 9.17) is 14.4 Å². The van der Waals surface area contributed by atoms with Gasteiger partial charge >= 0.3 is 24.0 Å². The van der Waals surface area contributed by atoms with Crippen LogP contribution in [0.1, 0.15) is 98.1 Å². The van der Waals surface area contributed by atoms with E-state index in [9.17, 15) is 24.3 Å². The number of aromatic nitrogens is 6. The van der Waals surface area contributed by atoms with Crippen LogP contribution >= 0.6 is 22.7 Å². The predicted octanol–water partition coefficient (Wildman–Crippen LogP) is 9.17. The quantitative estimate of drug-likeness (QED) is 0.0323. The van der Waals surface area contributed by atoms with E-state index in [0.717, 1.165) is 54.7 Å². The van der Waals surface area contributed by atoms with Crippen molar-refractivity contribution < 1.29 is 38.7 Å². The summed E-state index contributed by atoms with van der Waals surface area (Å²) in [6.07, 6.45) is 11.0. The van der Waals surface area contributed by atoms with Gasteiger partial charge in [0.1, 0.15) is 14.2 Å². The van der Waals surface area contributed by atoms with Gasteiger partial charge in [0.05, 0.1) is 49.3 Å². The fourth-order valence-corrected chi connectivity index (χ4v) is 11.3. The lowest BCUT2D eigenvalue weighted by Crippen LogP contribution is -2.45. The summed E-state index contributed by atoms with van der Waals surface area (Å²) < 4.78 is 7.11. The first kappa shape index (κ1) is 56.1. The molecule has 0 unspecified atom stereocenters. The van der Waals surface area contributed by atoms with Gasteiger partial charge in [-0.15, -0.1) is 0 Å². The Morgan fingerprint density at radius 1 is 0.618 bits per heavy atom. The molecule has 404 valence electrons. The van der Waals surface area contributed by atoms with Gasteiger partial charge in [-0.2, -0.15) is 0 Å². The number of aliphatic carboxylic acids is 1. The number of carbonyl (C=O) groups is 4. The van der Waals surface area contributed by atoms with Crippen molar-refractivity contribution >= 4 is 101 Å². The molecule has 0 radical (unpaired) electrons. The highest BCUT2D eigenvalue weighted by atomic mass is 32.1. The Bertz CT molecular complexity index is 3070. The van der Waals surface area contributed by atoms with Gasteiger partial charge < -0.3 is 40.0 Å². The molecule has 0 bridgehead atoms. The van der Waals surface area contributed by atoms with Gasteiger partial charge in [0, 0.05) is 86.3 Å². The molecule has 4 amide bonds. The highest BCUT2D eigenvalue weighted by molar-refractivity contribution is 7.23. The summed E-state index contributed by atoms with van der Waals surface area (Å²) in [5.41, 5.74) is 6.72. The summed E-state index contributed by atoms with van der Waals surface area (Å²) in [5, 5.41) is 29.8. The number of nitrogens with zero attached hydrogens (tertiary/aromatic N) is 10. The van der Waals surface area contributed by atoms with Crippen LogP contribution in [0.5, 0.6) is 0 Å². The van der Waals surface area contributed by atoms with E-state index >= 15 is 0 Å². The first-order valence-corrected chi connectivity index (χ1v) is 27.0. The highest BCUT2D eigenvalue weighted by Crippen LogP contribution is 2.40.